The summed E-state index contributed by atoms with van der Waals surface area (Å²) >= 11 is 0. The number of likely N-dealkylation sites (N-methyl/N-ethyl adjacent to an activating group) is 1. The highest BCUT2D eigenvalue weighted by Gasteiger charge is 1.99. The second-order valence-electron chi connectivity index (χ2n) is 3.03. The summed E-state index contributed by atoms with van der Waals surface area (Å²) in [6.45, 7) is 8.47. The van der Waals surface area contributed by atoms with Crippen LogP contribution in [0.2, 0.25) is 0 Å². The van der Waals surface area contributed by atoms with Crippen molar-refractivity contribution in [3.63, 3.8) is 0 Å². The first kappa shape index (κ1) is 10.1. The normalized spacial score (nSPS) is 11.0. The third kappa shape index (κ3) is 3.06. The molecule has 1 heterocycles. The van der Waals surface area contributed by atoms with Gasteiger partial charge in [-0.25, -0.2) is 0 Å². The number of nitrogens with zero attached hydrogens (tertiary/aromatic N) is 3. The Hall–Kier alpha value is -1.03. The third-order valence-electron chi connectivity index (χ3n) is 2.20. The second-order valence-corrected chi connectivity index (χ2v) is 3.03. The van der Waals surface area contributed by atoms with E-state index in [9.17, 15) is 0 Å². The maximum Gasteiger partial charge on any atom is 0.145 e. The molecule has 0 amide bonds. The molecule has 4 heteroatoms. The maximum atomic E-state index is 5.50. The van der Waals surface area contributed by atoms with Crippen LogP contribution in [-0.2, 0) is 6.54 Å². The summed E-state index contributed by atoms with van der Waals surface area (Å²) in [6, 6.07) is 1.82. The van der Waals surface area contributed by atoms with Crippen LogP contribution >= 0.6 is 0 Å². The minimum absolute atomic E-state index is 0.597. The van der Waals surface area contributed by atoms with E-state index in [0.717, 1.165) is 26.2 Å². The second kappa shape index (κ2) is 4.87. The van der Waals surface area contributed by atoms with E-state index in [0.29, 0.717) is 5.82 Å². The lowest BCUT2D eigenvalue weighted by Crippen LogP contribution is -2.27. The van der Waals surface area contributed by atoms with Crippen LogP contribution in [0.4, 0.5) is 5.82 Å². The van der Waals surface area contributed by atoms with E-state index in [1.165, 1.54) is 0 Å². The van der Waals surface area contributed by atoms with E-state index >= 15 is 0 Å². The third-order valence-corrected chi connectivity index (χ3v) is 2.20. The first-order chi connectivity index (χ1) is 6.26. The molecule has 2 N–H and O–H groups in total. The van der Waals surface area contributed by atoms with Gasteiger partial charge in [0.1, 0.15) is 5.82 Å². The Labute approximate surface area is 79.3 Å². The Kier molecular flexibility index (Phi) is 3.76. The summed E-state index contributed by atoms with van der Waals surface area (Å²) in [6.07, 6.45) is 1.92. The van der Waals surface area contributed by atoms with Gasteiger partial charge in [0.05, 0.1) is 6.54 Å². The molecule has 0 saturated heterocycles. The van der Waals surface area contributed by atoms with Crippen molar-refractivity contribution in [3.8, 4) is 0 Å². The zero-order valence-corrected chi connectivity index (χ0v) is 8.40. The van der Waals surface area contributed by atoms with Crippen LogP contribution in [0.5, 0.6) is 0 Å². The molecule has 0 saturated carbocycles. The van der Waals surface area contributed by atoms with Crippen LogP contribution in [0.3, 0.4) is 0 Å². The molecule has 74 valence electrons. The van der Waals surface area contributed by atoms with Crippen molar-refractivity contribution in [1.29, 1.82) is 0 Å². The Morgan fingerprint density at radius 1 is 1.46 bits per heavy atom. The zero-order valence-electron chi connectivity index (χ0n) is 8.40. The summed E-state index contributed by atoms with van der Waals surface area (Å²) in [7, 11) is 0. The Morgan fingerprint density at radius 3 is 2.62 bits per heavy atom. The smallest absolute Gasteiger partial charge is 0.145 e. The summed E-state index contributed by atoms with van der Waals surface area (Å²) in [5.41, 5.74) is 5.50. The zero-order chi connectivity index (χ0) is 9.68. The number of aromatic nitrogens is 2. The molecular weight excluding hydrogens is 164 g/mol. The van der Waals surface area contributed by atoms with Crippen LogP contribution in [0.25, 0.3) is 0 Å². The van der Waals surface area contributed by atoms with E-state index in [4.69, 9.17) is 5.73 Å². The monoisotopic (exact) mass is 182 g/mol. The standard InChI is InChI=1S/C9H18N4/c1-3-12(4-2)7-8-13-6-5-9(10)11-13/h5-6H,3-4,7-8H2,1-2H3,(H2,10,11). The fraction of sp³-hybridized carbons (Fsp3) is 0.667. The Morgan fingerprint density at radius 2 is 2.15 bits per heavy atom. The fourth-order valence-corrected chi connectivity index (χ4v) is 1.29. The molecule has 0 unspecified atom stereocenters. The predicted molar refractivity (Wildman–Crippen MR) is 54.4 cm³/mol. The van der Waals surface area contributed by atoms with Crippen molar-refractivity contribution in [2.24, 2.45) is 0 Å². The lowest BCUT2D eigenvalue weighted by atomic mass is 10.5. The van der Waals surface area contributed by atoms with Gasteiger partial charge in [0.2, 0.25) is 0 Å². The fourth-order valence-electron chi connectivity index (χ4n) is 1.29. The average molecular weight is 182 g/mol. The number of anilines is 1. The van der Waals surface area contributed by atoms with E-state index in [-0.39, 0.29) is 0 Å². The molecule has 1 aromatic rings. The van der Waals surface area contributed by atoms with Gasteiger partial charge in [0.15, 0.2) is 0 Å². The van der Waals surface area contributed by atoms with Gasteiger partial charge in [-0.1, -0.05) is 13.8 Å². The van der Waals surface area contributed by atoms with E-state index in [1.807, 2.05) is 16.9 Å². The molecule has 0 aromatic carbocycles. The summed E-state index contributed by atoms with van der Waals surface area (Å²) in [5.74, 6) is 0.597. The van der Waals surface area contributed by atoms with Crippen LogP contribution in [-0.4, -0.2) is 34.3 Å². The van der Waals surface area contributed by atoms with Gasteiger partial charge in [-0.05, 0) is 19.2 Å². The summed E-state index contributed by atoms with van der Waals surface area (Å²) in [5, 5.41) is 4.12. The van der Waals surface area contributed by atoms with E-state index < -0.39 is 0 Å². The minimum Gasteiger partial charge on any atom is -0.382 e. The lowest BCUT2D eigenvalue weighted by Gasteiger charge is -2.17. The molecule has 4 nitrogen and oxygen atoms in total. The molecule has 0 aliphatic rings. The van der Waals surface area contributed by atoms with Gasteiger partial charge >= 0.3 is 0 Å². The Balaban J connectivity index is 2.33. The molecule has 1 aromatic heterocycles. The van der Waals surface area contributed by atoms with Gasteiger partial charge in [-0.2, -0.15) is 5.10 Å². The molecule has 0 fully saturated rings. The molecule has 0 aliphatic heterocycles. The van der Waals surface area contributed by atoms with Crippen molar-refractivity contribution >= 4 is 5.82 Å². The van der Waals surface area contributed by atoms with Crippen molar-refractivity contribution in [2.75, 3.05) is 25.4 Å². The van der Waals surface area contributed by atoms with Crippen LogP contribution in [0.1, 0.15) is 13.8 Å². The van der Waals surface area contributed by atoms with Crippen LogP contribution in [0, 0.1) is 0 Å². The maximum absolute atomic E-state index is 5.50. The molecule has 0 atom stereocenters. The molecule has 13 heavy (non-hydrogen) atoms. The number of rotatable bonds is 5. The quantitative estimate of drug-likeness (QED) is 0.733. The Bertz CT molecular complexity index is 240. The largest absolute Gasteiger partial charge is 0.382 e. The molecule has 0 bridgehead atoms. The number of hydrogen-bond donors (Lipinski definition) is 1. The highest BCUT2D eigenvalue weighted by Crippen LogP contribution is 1.96. The molecular formula is C9H18N4. The predicted octanol–water partition coefficient (Wildman–Crippen LogP) is 0.807. The lowest BCUT2D eigenvalue weighted by molar-refractivity contribution is 0.285. The summed E-state index contributed by atoms with van der Waals surface area (Å²) in [4.78, 5) is 2.36. The average Bonchev–Trinajstić information content (AvgIpc) is 2.53. The summed E-state index contributed by atoms with van der Waals surface area (Å²) < 4.78 is 1.88. The number of nitrogens with two attached hydrogens (primary N) is 1. The van der Waals surface area contributed by atoms with Gasteiger partial charge < -0.3 is 10.6 Å². The number of hydrogen-bond acceptors (Lipinski definition) is 3. The van der Waals surface area contributed by atoms with Gasteiger partial charge in [-0.3, -0.25) is 4.68 Å². The van der Waals surface area contributed by atoms with Gasteiger partial charge in [-0.15, -0.1) is 0 Å². The highest BCUT2D eigenvalue weighted by molar-refractivity contribution is 5.23. The molecule has 0 radical (unpaired) electrons. The minimum atomic E-state index is 0.597. The van der Waals surface area contributed by atoms with E-state index in [1.54, 1.807) is 0 Å². The molecule has 0 aliphatic carbocycles. The highest BCUT2D eigenvalue weighted by atomic mass is 15.3. The first-order valence-corrected chi connectivity index (χ1v) is 4.77. The van der Waals surface area contributed by atoms with Crippen molar-refractivity contribution in [1.82, 2.24) is 14.7 Å². The van der Waals surface area contributed by atoms with Crippen molar-refractivity contribution in [2.45, 2.75) is 20.4 Å². The van der Waals surface area contributed by atoms with Gasteiger partial charge in [0, 0.05) is 12.7 Å². The van der Waals surface area contributed by atoms with Crippen molar-refractivity contribution in [3.05, 3.63) is 12.3 Å². The molecule has 1 rings (SSSR count). The van der Waals surface area contributed by atoms with Crippen molar-refractivity contribution < 1.29 is 0 Å². The van der Waals surface area contributed by atoms with Gasteiger partial charge in [0.25, 0.3) is 0 Å². The van der Waals surface area contributed by atoms with E-state index in [2.05, 4.69) is 23.8 Å². The van der Waals surface area contributed by atoms with Crippen LogP contribution in [0.15, 0.2) is 12.3 Å². The molecule has 0 spiro atoms. The first-order valence-electron chi connectivity index (χ1n) is 4.77. The van der Waals surface area contributed by atoms with Crippen LogP contribution < -0.4 is 5.73 Å². The topological polar surface area (TPSA) is 47.1 Å². The SMILES string of the molecule is CCN(CC)CCn1ccc(N)n1. The number of nitrogen functional groups attached to an aromatic ring is 1.